The van der Waals surface area contributed by atoms with E-state index in [1.165, 1.54) is 57.8 Å². The van der Waals surface area contributed by atoms with Crippen LogP contribution in [0.3, 0.4) is 0 Å². The maximum atomic E-state index is 12.7. The molecule has 0 bridgehead atoms. The Morgan fingerprint density at radius 2 is 0.982 bits per heavy atom. The minimum Gasteiger partial charge on any atom is -0.544 e. The van der Waals surface area contributed by atoms with Gasteiger partial charge < -0.3 is 28.6 Å². The standard InChI is InChI=1S/C49H85NO7/c1-6-8-10-12-14-16-18-20-22-24-26-28-30-32-34-36-38-40-48(52)57-45(43-55-42-41-46(49(53)54)50(3,4)5)44-56-47(51)39-37-35-33-31-29-27-25-23-21-19-17-15-13-11-9-7-2/h8,10,14,16,20,22-23,25-26,28,45-46H,6-7,9,11-13,15,17-19,21,24,27,29-44H2,1-5H3/b10-8-,16-14-,22-20-,25-23-,28-26-. The molecular formula is C49H85NO7. The van der Waals surface area contributed by atoms with Crippen molar-refractivity contribution in [1.82, 2.24) is 0 Å². The second kappa shape index (κ2) is 39.8. The SMILES string of the molecule is CC/C=C\C/C=C\C/C=C\C/C=C\CCCCCCC(=O)OC(COCCC(C(=O)[O-])[N+](C)(C)C)COC(=O)CCCCCCC/C=C\CCCCCCCCC. The molecule has 328 valence electrons. The number of hydrogen-bond donors (Lipinski definition) is 0. The number of carbonyl (C=O) groups excluding carboxylic acids is 3. The van der Waals surface area contributed by atoms with Crippen molar-refractivity contribution >= 4 is 17.9 Å². The number of hydrogen-bond acceptors (Lipinski definition) is 7. The summed E-state index contributed by atoms with van der Waals surface area (Å²) in [6.07, 6.45) is 48.1. The molecule has 0 aromatic heterocycles. The predicted molar refractivity (Wildman–Crippen MR) is 236 cm³/mol. The van der Waals surface area contributed by atoms with Crippen LogP contribution in [0.5, 0.6) is 0 Å². The van der Waals surface area contributed by atoms with Gasteiger partial charge in [0.15, 0.2) is 6.10 Å². The smallest absolute Gasteiger partial charge is 0.306 e. The predicted octanol–water partition coefficient (Wildman–Crippen LogP) is 11.2. The fourth-order valence-corrected chi connectivity index (χ4v) is 6.35. The molecule has 2 atom stereocenters. The number of carbonyl (C=O) groups is 3. The van der Waals surface area contributed by atoms with Crippen LogP contribution in [-0.2, 0) is 28.6 Å². The van der Waals surface area contributed by atoms with E-state index in [9.17, 15) is 19.5 Å². The first kappa shape index (κ1) is 54.0. The lowest BCUT2D eigenvalue weighted by atomic mass is 10.1. The maximum absolute atomic E-state index is 12.7. The van der Waals surface area contributed by atoms with Crippen LogP contribution in [0.25, 0.3) is 0 Å². The maximum Gasteiger partial charge on any atom is 0.306 e. The largest absolute Gasteiger partial charge is 0.544 e. The van der Waals surface area contributed by atoms with E-state index in [-0.39, 0.29) is 49.1 Å². The monoisotopic (exact) mass is 800 g/mol. The molecule has 0 aromatic rings. The summed E-state index contributed by atoms with van der Waals surface area (Å²) in [4.78, 5) is 36.9. The fraction of sp³-hybridized carbons (Fsp3) is 0.735. The minimum absolute atomic E-state index is 0.0261. The van der Waals surface area contributed by atoms with E-state index in [0.717, 1.165) is 89.9 Å². The fourth-order valence-electron chi connectivity index (χ4n) is 6.35. The van der Waals surface area contributed by atoms with Gasteiger partial charge in [-0.2, -0.15) is 0 Å². The Labute approximate surface area is 349 Å². The number of unbranched alkanes of at least 4 members (excludes halogenated alkanes) is 16. The molecule has 0 heterocycles. The van der Waals surface area contributed by atoms with Crippen LogP contribution in [0, 0.1) is 0 Å². The zero-order valence-electron chi connectivity index (χ0n) is 37.2. The van der Waals surface area contributed by atoms with Gasteiger partial charge in [0, 0.05) is 19.3 Å². The molecule has 0 saturated heterocycles. The molecule has 0 amide bonds. The van der Waals surface area contributed by atoms with E-state index in [2.05, 4.69) is 74.6 Å². The normalized spacial score (nSPS) is 13.5. The van der Waals surface area contributed by atoms with Crippen LogP contribution in [0.1, 0.15) is 181 Å². The topological polar surface area (TPSA) is 102 Å². The summed E-state index contributed by atoms with van der Waals surface area (Å²) in [5.74, 6) is -1.78. The Morgan fingerprint density at radius 1 is 0.544 bits per heavy atom. The van der Waals surface area contributed by atoms with Crippen molar-refractivity contribution in [2.75, 3.05) is 41.0 Å². The molecule has 0 saturated carbocycles. The van der Waals surface area contributed by atoms with Crippen LogP contribution in [0.4, 0.5) is 0 Å². The van der Waals surface area contributed by atoms with Crippen molar-refractivity contribution in [3.63, 3.8) is 0 Å². The lowest BCUT2D eigenvalue weighted by Crippen LogP contribution is -2.55. The minimum atomic E-state index is -1.13. The van der Waals surface area contributed by atoms with Gasteiger partial charge >= 0.3 is 11.9 Å². The molecule has 8 heteroatoms. The van der Waals surface area contributed by atoms with Crippen molar-refractivity contribution in [1.29, 1.82) is 0 Å². The molecule has 57 heavy (non-hydrogen) atoms. The molecule has 8 nitrogen and oxygen atoms in total. The Morgan fingerprint density at radius 3 is 1.47 bits per heavy atom. The molecule has 2 unspecified atom stereocenters. The Hall–Kier alpha value is -2.97. The quantitative estimate of drug-likeness (QED) is 0.0263. The molecule has 0 N–H and O–H groups in total. The van der Waals surface area contributed by atoms with Crippen LogP contribution in [0.2, 0.25) is 0 Å². The lowest BCUT2D eigenvalue weighted by molar-refractivity contribution is -0.889. The molecule has 0 spiro atoms. The summed E-state index contributed by atoms with van der Waals surface area (Å²) < 4.78 is 17.1. The summed E-state index contributed by atoms with van der Waals surface area (Å²) in [6, 6.07) is -0.733. The highest BCUT2D eigenvalue weighted by Gasteiger charge is 2.25. The van der Waals surface area contributed by atoms with Crippen LogP contribution in [-0.4, -0.2) is 75.5 Å². The second-order valence-corrected chi connectivity index (χ2v) is 16.3. The first-order valence-corrected chi connectivity index (χ1v) is 22.8. The Balaban J connectivity index is 4.39. The second-order valence-electron chi connectivity index (χ2n) is 16.3. The number of allylic oxidation sites excluding steroid dienone is 10. The molecule has 0 aromatic carbocycles. The highest BCUT2D eigenvalue weighted by molar-refractivity contribution is 5.70. The molecule has 0 aliphatic carbocycles. The number of ether oxygens (including phenoxy) is 3. The number of esters is 2. The van der Waals surface area contributed by atoms with Crippen molar-refractivity contribution in [2.45, 2.75) is 193 Å². The van der Waals surface area contributed by atoms with E-state index in [1.54, 1.807) is 21.1 Å². The first-order valence-electron chi connectivity index (χ1n) is 22.8. The Kier molecular flexibility index (Phi) is 37.8. The van der Waals surface area contributed by atoms with Crippen molar-refractivity contribution in [3.8, 4) is 0 Å². The zero-order valence-corrected chi connectivity index (χ0v) is 37.2. The summed E-state index contributed by atoms with van der Waals surface area (Å²) in [7, 11) is 5.39. The third kappa shape index (κ3) is 38.3. The van der Waals surface area contributed by atoms with Gasteiger partial charge in [0.1, 0.15) is 12.6 Å². The van der Waals surface area contributed by atoms with Gasteiger partial charge in [0.2, 0.25) is 0 Å². The molecule has 0 aliphatic rings. The number of aliphatic carboxylic acids is 1. The highest BCUT2D eigenvalue weighted by Crippen LogP contribution is 2.13. The third-order valence-corrected chi connectivity index (χ3v) is 9.89. The number of likely N-dealkylation sites (N-methyl/N-ethyl adjacent to an activating group) is 1. The number of nitrogens with zero attached hydrogens (tertiary/aromatic N) is 1. The van der Waals surface area contributed by atoms with E-state index in [0.29, 0.717) is 6.42 Å². The van der Waals surface area contributed by atoms with Crippen molar-refractivity contribution in [3.05, 3.63) is 60.8 Å². The van der Waals surface area contributed by atoms with E-state index in [1.807, 2.05) is 0 Å². The zero-order chi connectivity index (χ0) is 42.1. The molecular weight excluding hydrogens is 715 g/mol. The van der Waals surface area contributed by atoms with Gasteiger partial charge in [-0.15, -0.1) is 0 Å². The average Bonchev–Trinajstić information content (AvgIpc) is 3.17. The van der Waals surface area contributed by atoms with E-state index >= 15 is 0 Å². The third-order valence-electron chi connectivity index (χ3n) is 9.89. The van der Waals surface area contributed by atoms with Gasteiger partial charge in [0.05, 0.1) is 40.3 Å². The summed E-state index contributed by atoms with van der Waals surface area (Å²) >= 11 is 0. The van der Waals surface area contributed by atoms with Gasteiger partial charge in [0.25, 0.3) is 0 Å². The molecule has 0 fully saturated rings. The number of carboxylic acid groups (broad SMARTS) is 1. The molecule has 0 rings (SSSR count). The lowest BCUT2D eigenvalue weighted by Gasteiger charge is -2.34. The summed E-state index contributed by atoms with van der Waals surface area (Å²) in [5, 5.41) is 11.6. The van der Waals surface area contributed by atoms with Gasteiger partial charge in [-0.05, 0) is 77.0 Å². The summed E-state index contributed by atoms with van der Waals surface area (Å²) in [6.45, 7) is 4.51. The van der Waals surface area contributed by atoms with Crippen molar-refractivity contribution < 1.29 is 38.2 Å². The number of quaternary nitrogens is 1. The van der Waals surface area contributed by atoms with Gasteiger partial charge in [-0.25, -0.2) is 0 Å². The van der Waals surface area contributed by atoms with Gasteiger partial charge in [-0.3, -0.25) is 9.59 Å². The van der Waals surface area contributed by atoms with Crippen LogP contribution < -0.4 is 5.11 Å². The summed E-state index contributed by atoms with van der Waals surface area (Å²) in [5.41, 5.74) is 0. The first-order chi connectivity index (χ1) is 27.6. The van der Waals surface area contributed by atoms with E-state index in [4.69, 9.17) is 14.2 Å². The van der Waals surface area contributed by atoms with Crippen LogP contribution >= 0.6 is 0 Å². The van der Waals surface area contributed by atoms with Crippen LogP contribution in [0.15, 0.2) is 60.8 Å². The average molecular weight is 800 g/mol. The highest BCUT2D eigenvalue weighted by atomic mass is 16.6. The van der Waals surface area contributed by atoms with Crippen molar-refractivity contribution in [2.24, 2.45) is 0 Å². The van der Waals surface area contributed by atoms with Gasteiger partial charge in [-0.1, -0.05) is 145 Å². The van der Waals surface area contributed by atoms with E-state index < -0.39 is 18.1 Å². The number of rotatable bonds is 40. The Bertz CT molecular complexity index is 1120. The molecule has 0 radical (unpaired) electrons. The molecule has 0 aliphatic heterocycles. The number of carboxylic acids is 1.